The van der Waals surface area contributed by atoms with Gasteiger partial charge >= 0.3 is 0 Å². The van der Waals surface area contributed by atoms with Gasteiger partial charge in [0, 0.05) is 53.4 Å². The average molecular weight is 733 g/mol. The average Bonchev–Trinajstić information content (AvgIpc) is 4.01. The smallest absolute Gasteiger partial charge is 0.235 e. The molecule has 0 bridgehead atoms. The van der Waals surface area contributed by atoms with Crippen LogP contribution in [0.25, 0.3) is 120 Å². The van der Waals surface area contributed by atoms with E-state index in [1.807, 2.05) is 6.07 Å². The van der Waals surface area contributed by atoms with E-state index in [-0.39, 0.29) is 0 Å². The van der Waals surface area contributed by atoms with Crippen LogP contribution in [0.3, 0.4) is 0 Å². The molecule has 5 aromatic heterocycles. The van der Waals surface area contributed by atoms with Crippen LogP contribution in [0.5, 0.6) is 0 Å². The molecule has 13 rings (SSSR count). The normalized spacial score (nSPS) is 12.3. The topological polar surface area (TPSA) is 48.8 Å². The van der Waals surface area contributed by atoms with Crippen LogP contribution in [-0.4, -0.2) is 19.1 Å². The van der Waals surface area contributed by atoms with Crippen molar-refractivity contribution < 1.29 is 4.42 Å². The molecule has 0 fully saturated rings. The maximum atomic E-state index is 7.13. The first-order valence-electron chi connectivity index (χ1n) is 18.8. The van der Waals surface area contributed by atoms with Gasteiger partial charge in [-0.2, -0.15) is 0 Å². The monoisotopic (exact) mass is 732 g/mol. The fourth-order valence-electron chi connectivity index (χ4n) is 9.14. The van der Waals surface area contributed by atoms with E-state index in [4.69, 9.17) is 14.4 Å². The standard InChI is InChI=1S/C50H28N4OS/c1-2-14-29(15-3-1)45-49-46(36-21-9-13-25-43(36)56-49)52-50(51-45)54-40-24-12-8-20-35(40)44-41(54)27-26-34-37-28-42(32-18-4-5-19-33(32)47(37)55-48(34)44)53-38-22-10-6-16-30(38)31-17-7-11-23-39(31)53/h1-28H. The van der Waals surface area contributed by atoms with Crippen molar-refractivity contribution in [2.75, 3.05) is 0 Å². The van der Waals surface area contributed by atoms with Gasteiger partial charge in [-0.05, 0) is 42.5 Å². The summed E-state index contributed by atoms with van der Waals surface area (Å²) in [5.74, 6) is 0.640. The van der Waals surface area contributed by atoms with E-state index in [1.165, 1.54) is 26.5 Å². The molecule has 0 atom stereocenters. The molecule has 6 heteroatoms. The van der Waals surface area contributed by atoms with E-state index >= 15 is 0 Å². The summed E-state index contributed by atoms with van der Waals surface area (Å²) in [6.07, 6.45) is 0. The van der Waals surface area contributed by atoms with Gasteiger partial charge < -0.3 is 8.98 Å². The number of para-hydroxylation sites is 3. The van der Waals surface area contributed by atoms with Gasteiger partial charge in [0.2, 0.25) is 5.95 Å². The number of benzene rings is 8. The molecular formula is C50H28N4OS. The van der Waals surface area contributed by atoms with Gasteiger partial charge in [-0.15, -0.1) is 11.3 Å². The molecule has 0 aliphatic rings. The molecule has 56 heavy (non-hydrogen) atoms. The summed E-state index contributed by atoms with van der Waals surface area (Å²) in [5, 5.41) is 10.2. The number of nitrogens with zero attached hydrogens (tertiary/aromatic N) is 4. The largest absolute Gasteiger partial charge is 0.455 e. The molecule has 8 aromatic carbocycles. The summed E-state index contributed by atoms with van der Waals surface area (Å²) < 4.78 is 14.1. The second-order valence-corrected chi connectivity index (χ2v) is 15.5. The van der Waals surface area contributed by atoms with Gasteiger partial charge in [0.25, 0.3) is 0 Å². The fourth-order valence-corrected chi connectivity index (χ4v) is 10.3. The lowest BCUT2D eigenvalue weighted by Gasteiger charge is -2.12. The summed E-state index contributed by atoms with van der Waals surface area (Å²) in [6.45, 7) is 0. The third-order valence-corrected chi connectivity index (χ3v) is 12.7. The number of fused-ring (bicyclic) bond motifs is 15. The molecule has 0 saturated heterocycles. The molecule has 260 valence electrons. The van der Waals surface area contributed by atoms with E-state index in [2.05, 4.69) is 173 Å². The lowest BCUT2D eigenvalue weighted by Crippen LogP contribution is -2.02. The number of hydrogen-bond donors (Lipinski definition) is 0. The highest BCUT2D eigenvalue weighted by molar-refractivity contribution is 7.26. The van der Waals surface area contributed by atoms with Crippen molar-refractivity contribution in [2.45, 2.75) is 0 Å². The summed E-state index contributed by atoms with van der Waals surface area (Å²) in [5.41, 5.74) is 10.3. The molecule has 0 aliphatic carbocycles. The Hall–Kier alpha value is -7.28. The van der Waals surface area contributed by atoms with Gasteiger partial charge in [0.15, 0.2) is 0 Å². The van der Waals surface area contributed by atoms with Crippen LogP contribution < -0.4 is 0 Å². The zero-order chi connectivity index (χ0) is 36.5. The van der Waals surface area contributed by atoms with Gasteiger partial charge in [-0.3, -0.25) is 4.57 Å². The molecule has 0 radical (unpaired) electrons. The summed E-state index contributed by atoms with van der Waals surface area (Å²) in [7, 11) is 0. The van der Waals surface area contributed by atoms with Gasteiger partial charge in [0.1, 0.15) is 11.2 Å². The lowest BCUT2D eigenvalue weighted by molar-refractivity contribution is 0.676. The minimum atomic E-state index is 0.640. The van der Waals surface area contributed by atoms with Gasteiger partial charge in [-0.25, -0.2) is 9.97 Å². The van der Waals surface area contributed by atoms with E-state index in [9.17, 15) is 0 Å². The van der Waals surface area contributed by atoms with Crippen LogP contribution in [-0.2, 0) is 0 Å². The number of rotatable bonds is 3. The quantitative estimate of drug-likeness (QED) is 0.182. The van der Waals surface area contributed by atoms with Crippen molar-refractivity contribution in [1.82, 2.24) is 19.1 Å². The van der Waals surface area contributed by atoms with Crippen molar-refractivity contribution >= 4 is 108 Å². The lowest BCUT2D eigenvalue weighted by atomic mass is 10.0. The van der Waals surface area contributed by atoms with Crippen molar-refractivity contribution in [3.05, 3.63) is 170 Å². The van der Waals surface area contributed by atoms with Crippen LogP contribution >= 0.6 is 11.3 Å². The van der Waals surface area contributed by atoms with Crippen LogP contribution in [0, 0.1) is 0 Å². The van der Waals surface area contributed by atoms with E-state index < -0.39 is 0 Å². The molecule has 0 N–H and O–H groups in total. The number of aromatic nitrogens is 4. The third kappa shape index (κ3) is 3.98. The minimum Gasteiger partial charge on any atom is -0.455 e. The highest BCUT2D eigenvalue weighted by Gasteiger charge is 2.24. The maximum Gasteiger partial charge on any atom is 0.235 e. The molecular weight excluding hydrogens is 705 g/mol. The molecule has 0 unspecified atom stereocenters. The van der Waals surface area contributed by atoms with Gasteiger partial charge in [-0.1, -0.05) is 127 Å². The summed E-state index contributed by atoms with van der Waals surface area (Å²) in [6, 6.07) is 60.4. The Bertz CT molecular complexity index is 3720. The summed E-state index contributed by atoms with van der Waals surface area (Å²) in [4.78, 5) is 10.8. The molecule has 0 aliphatic heterocycles. The summed E-state index contributed by atoms with van der Waals surface area (Å²) >= 11 is 1.75. The highest BCUT2D eigenvalue weighted by Crippen LogP contribution is 2.45. The Labute approximate surface area is 322 Å². The zero-order valence-corrected chi connectivity index (χ0v) is 30.6. The van der Waals surface area contributed by atoms with Crippen LogP contribution in [0.15, 0.2) is 174 Å². The maximum absolute atomic E-state index is 7.13. The van der Waals surface area contributed by atoms with Crippen LogP contribution in [0.1, 0.15) is 0 Å². The van der Waals surface area contributed by atoms with E-state index in [0.29, 0.717) is 5.95 Å². The molecule has 0 spiro atoms. The first kappa shape index (κ1) is 30.1. The minimum absolute atomic E-state index is 0.640. The van der Waals surface area contributed by atoms with Crippen molar-refractivity contribution in [2.24, 2.45) is 0 Å². The van der Waals surface area contributed by atoms with Crippen LogP contribution in [0.4, 0.5) is 0 Å². The predicted octanol–water partition coefficient (Wildman–Crippen LogP) is 13.8. The van der Waals surface area contributed by atoms with Crippen molar-refractivity contribution in [1.29, 1.82) is 0 Å². The fraction of sp³-hybridized carbons (Fsp3) is 0. The molecule has 5 nitrogen and oxygen atoms in total. The Balaban J connectivity index is 1.14. The second kappa shape index (κ2) is 11.1. The Morgan fingerprint density at radius 2 is 1.02 bits per heavy atom. The molecule has 0 saturated carbocycles. The first-order valence-corrected chi connectivity index (χ1v) is 19.7. The predicted molar refractivity (Wildman–Crippen MR) is 234 cm³/mol. The van der Waals surface area contributed by atoms with Crippen molar-refractivity contribution in [3.8, 4) is 22.9 Å². The first-order chi connectivity index (χ1) is 27.8. The van der Waals surface area contributed by atoms with Gasteiger partial charge in [0.05, 0.1) is 49.1 Å². The molecule has 0 amide bonds. The Morgan fingerprint density at radius 3 is 1.77 bits per heavy atom. The molecule has 13 aromatic rings. The zero-order valence-electron chi connectivity index (χ0n) is 29.8. The van der Waals surface area contributed by atoms with E-state index in [0.717, 1.165) is 87.1 Å². The van der Waals surface area contributed by atoms with E-state index in [1.54, 1.807) is 11.3 Å². The number of thiophene rings is 1. The molecule has 5 heterocycles. The SMILES string of the molecule is c1ccc(-c2nc(-n3c4ccccc4c4c5oc6c7ccccc7c(-n7c8ccccc8c8ccccc87)cc6c5ccc43)nc3c2sc2ccccc23)cc1. The number of hydrogen-bond acceptors (Lipinski definition) is 4. The second-order valence-electron chi connectivity index (χ2n) is 14.5. The van der Waals surface area contributed by atoms with Crippen molar-refractivity contribution in [3.63, 3.8) is 0 Å². The third-order valence-electron chi connectivity index (χ3n) is 11.5. The Morgan fingerprint density at radius 1 is 0.429 bits per heavy atom. The number of furan rings is 1. The highest BCUT2D eigenvalue weighted by atomic mass is 32.1. The Kier molecular flexibility index (Phi) is 5.98. The van der Waals surface area contributed by atoms with Crippen LogP contribution in [0.2, 0.25) is 0 Å².